The summed E-state index contributed by atoms with van der Waals surface area (Å²) in [6.07, 6.45) is 7.44. The Balaban J connectivity index is 1.75. The van der Waals surface area contributed by atoms with Crippen molar-refractivity contribution in [2.24, 2.45) is 0 Å². The monoisotopic (exact) mass is 319 g/mol. The van der Waals surface area contributed by atoms with Crippen molar-refractivity contribution in [3.05, 3.63) is 54.4 Å². The van der Waals surface area contributed by atoms with E-state index in [1.807, 2.05) is 18.3 Å². The van der Waals surface area contributed by atoms with E-state index in [0.29, 0.717) is 5.88 Å². The third kappa shape index (κ3) is 2.69. The van der Waals surface area contributed by atoms with Crippen molar-refractivity contribution in [1.29, 1.82) is 0 Å². The molecule has 1 aliphatic heterocycles. The molecule has 2 aromatic heterocycles. The minimum atomic E-state index is 0.638. The lowest BCUT2D eigenvalue weighted by molar-refractivity contribution is 0.370. The van der Waals surface area contributed by atoms with E-state index < -0.39 is 0 Å². The Bertz CT molecular complexity index is 893. The SMILES string of the molecule is COc1ccc(-c2ccc3[nH]cc(C4=CCN(C)CC4)c3c2)cn1. The molecule has 0 aliphatic carbocycles. The lowest BCUT2D eigenvalue weighted by Crippen LogP contribution is -2.23. The second-order valence-corrected chi connectivity index (χ2v) is 6.29. The van der Waals surface area contributed by atoms with Gasteiger partial charge in [-0.2, -0.15) is 0 Å². The normalized spacial score (nSPS) is 15.5. The van der Waals surface area contributed by atoms with E-state index in [1.54, 1.807) is 7.11 Å². The number of hydrogen-bond donors (Lipinski definition) is 1. The van der Waals surface area contributed by atoms with Gasteiger partial charge in [0.15, 0.2) is 0 Å². The standard InChI is InChI=1S/C20H21N3O/c1-23-9-7-14(8-10-23)18-13-21-19-5-3-15(11-17(18)19)16-4-6-20(24-2)22-12-16/h3-7,11-13,21H,8-10H2,1-2H3. The maximum atomic E-state index is 5.14. The molecule has 3 heterocycles. The Morgan fingerprint density at radius 2 is 2.04 bits per heavy atom. The summed E-state index contributed by atoms with van der Waals surface area (Å²) in [5.41, 5.74) is 6.20. The number of H-pyrrole nitrogens is 1. The number of hydrogen-bond acceptors (Lipinski definition) is 3. The highest BCUT2D eigenvalue weighted by atomic mass is 16.5. The van der Waals surface area contributed by atoms with Gasteiger partial charge < -0.3 is 14.6 Å². The Morgan fingerprint density at radius 3 is 2.75 bits per heavy atom. The van der Waals surface area contributed by atoms with Gasteiger partial charge in [-0.1, -0.05) is 12.1 Å². The Labute approximate surface area is 141 Å². The zero-order chi connectivity index (χ0) is 16.5. The van der Waals surface area contributed by atoms with Gasteiger partial charge in [-0.05, 0) is 42.8 Å². The zero-order valence-electron chi connectivity index (χ0n) is 14.0. The van der Waals surface area contributed by atoms with Crippen LogP contribution in [0, 0.1) is 0 Å². The van der Waals surface area contributed by atoms with Gasteiger partial charge in [0.2, 0.25) is 5.88 Å². The third-order valence-corrected chi connectivity index (χ3v) is 4.72. The number of nitrogens with one attached hydrogen (secondary N) is 1. The number of benzene rings is 1. The lowest BCUT2D eigenvalue weighted by Gasteiger charge is -2.21. The fourth-order valence-electron chi connectivity index (χ4n) is 3.25. The van der Waals surface area contributed by atoms with Gasteiger partial charge in [0, 0.05) is 53.6 Å². The second kappa shape index (κ2) is 6.13. The van der Waals surface area contributed by atoms with Gasteiger partial charge in [-0.25, -0.2) is 4.98 Å². The van der Waals surface area contributed by atoms with Gasteiger partial charge in [0.05, 0.1) is 7.11 Å². The van der Waals surface area contributed by atoms with Gasteiger partial charge >= 0.3 is 0 Å². The molecule has 4 heteroatoms. The number of methoxy groups -OCH3 is 1. The lowest BCUT2D eigenvalue weighted by atomic mass is 9.97. The molecule has 122 valence electrons. The molecule has 4 rings (SSSR count). The molecule has 0 atom stereocenters. The summed E-state index contributed by atoms with van der Waals surface area (Å²) >= 11 is 0. The Morgan fingerprint density at radius 1 is 1.17 bits per heavy atom. The predicted molar refractivity (Wildman–Crippen MR) is 98.2 cm³/mol. The molecule has 0 bridgehead atoms. The highest BCUT2D eigenvalue weighted by Gasteiger charge is 2.14. The number of ether oxygens (including phenoxy) is 1. The van der Waals surface area contributed by atoms with Crippen LogP contribution in [0.2, 0.25) is 0 Å². The van der Waals surface area contributed by atoms with Crippen LogP contribution in [0.4, 0.5) is 0 Å². The van der Waals surface area contributed by atoms with Crippen LogP contribution in [-0.4, -0.2) is 42.1 Å². The van der Waals surface area contributed by atoms with Gasteiger partial charge in [-0.3, -0.25) is 0 Å². The van der Waals surface area contributed by atoms with Gasteiger partial charge in [-0.15, -0.1) is 0 Å². The topological polar surface area (TPSA) is 41.1 Å². The average molecular weight is 319 g/mol. The number of pyridine rings is 1. The summed E-state index contributed by atoms with van der Waals surface area (Å²) in [4.78, 5) is 10.1. The second-order valence-electron chi connectivity index (χ2n) is 6.29. The minimum Gasteiger partial charge on any atom is -0.481 e. The van der Waals surface area contributed by atoms with Crippen LogP contribution in [0.5, 0.6) is 5.88 Å². The van der Waals surface area contributed by atoms with E-state index in [4.69, 9.17) is 4.74 Å². The molecule has 0 amide bonds. The zero-order valence-corrected chi connectivity index (χ0v) is 14.0. The molecular weight excluding hydrogens is 298 g/mol. The van der Waals surface area contributed by atoms with Crippen molar-refractivity contribution in [3.8, 4) is 17.0 Å². The van der Waals surface area contributed by atoms with Crippen LogP contribution < -0.4 is 4.74 Å². The molecule has 3 aromatic rings. The van der Waals surface area contributed by atoms with E-state index in [0.717, 1.165) is 25.1 Å². The van der Waals surface area contributed by atoms with Crippen LogP contribution in [0.15, 0.2) is 48.8 Å². The molecule has 1 N–H and O–H groups in total. The molecule has 1 aromatic carbocycles. The summed E-state index contributed by atoms with van der Waals surface area (Å²) in [6, 6.07) is 10.5. The number of fused-ring (bicyclic) bond motifs is 1. The first-order valence-electron chi connectivity index (χ1n) is 8.24. The summed E-state index contributed by atoms with van der Waals surface area (Å²) in [5.74, 6) is 0.638. The van der Waals surface area contributed by atoms with Crippen molar-refractivity contribution >= 4 is 16.5 Å². The fraction of sp³-hybridized carbons (Fsp3) is 0.250. The van der Waals surface area contributed by atoms with E-state index >= 15 is 0 Å². The number of likely N-dealkylation sites (N-methyl/N-ethyl adjacent to an activating group) is 1. The Kier molecular flexibility index (Phi) is 3.82. The van der Waals surface area contributed by atoms with Crippen LogP contribution in [0.3, 0.4) is 0 Å². The average Bonchev–Trinajstić information content (AvgIpc) is 3.05. The fourth-order valence-corrected chi connectivity index (χ4v) is 3.25. The molecule has 1 aliphatic rings. The first-order chi connectivity index (χ1) is 11.7. The highest BCUT2D eigenvalue weighted by molar-refractivity contribution is 5.95. The number of rotatable bonds is 3. The number of nitrogens with zero attached hydrogens (tertiary/aromatic N) is 2. The Hall–Kier alpha value is -2.59. The summed E-state index contributed by atoms with van der Waals surface area (Å²) in [5, 5.41) is 1.28. The predicted octanol–water partition coefficient (Wildman–Crippen LogP) is 3.96. The van der Waals surface area contributed by atoms with Gasteiger partial charge in [0.1, 0.15) is 0 Å². The summed E-state index contributed by atoms with van der Waals surface area (Å²) in [6.45, 7) is 2.13. The van der Waals surface area contributed by atoms with Crippen molar-refractivity contribution in [2.45, 2.75) is 6.42 Å². The molecular formula is C20H21N3O. The third-order valence-electron chi connectivity index (χ3n) is 4.72. The molecule has 0 unspecified atom stereocenters. The molecule has 0 fully saturated rings. The van der Waals surface area contributed by atoms with Crippen LogP contribution >= 0.6 is 0 Å². The first-order valence-corrected chi connectivity index (χ1v) is 8.24. The maximum absolute atomic E-state index is 5.14. The van der Waals surface area contributed by atoms with Crippen molar-refractivity contribution in [1.82, 2.24) is 14.9 Å². The van der Waals surface area contributed by atoms with E-state index in [1.165, 1.54) is 27.6 Å². The summed E-state index contributed by atoms with van der Waals surface area (Å²) < 4.78 is 5.14. The number of aromatic nitrogens is 2. The molecule has 24 heavy (non-hydrogen) atoms. The van der Waals surface area contributed by atoms with Crippen molar-refractivity contribution < 1.29 is 4.74 Å². The van der Waals surface area contributed by atoms with E-state index in [2.05, 4.69) is 52.4 Å². The molecule has 0 radical (unpaired) electrons. The van der Waals surface area contributed by atoms with Crippen LogP contribution in [-0.2, 0) is 0 Å². The smallest absolute Gasteiger partial charge is 0.212 e. The highest BCUT2D eigenvalue weighted by Crippen LogP contribution is 2.32. The molecule has 0 saturated heterocycles. The molecule has 0 spiro atoms. The molecule has 0 saturated carbocycles. The van der Waals surface area contributed by atoms with Gasteiger partial charge in [0.25, 0.3) is 0 Å². The largest absolute Gasteiger partial charge is 0.481 e. The first kappa shape index (κ1) is 15.0. The van der Waals surface area contributed by atoms with Crippen LogP contribution in [0.1, 0.15) is 12.0 Å². The minimum absolute atomic E-state index is 0.638. The maximum Gasteiger partial charge on any atom is 0.212 e. The summed E-state index contributed by atoms with van der Waals surface area (Å²) in [7, 11) is 3.80. The quantitative estimate of drug-likeness (QED) is 0.794. The van der Waals surface area contributed by atoms with Crippen molar-refractivity contribution in [3.63, 3.8) is 0 Å². The van der Waals surface area contributed by atoms with E-state index in [-0.39, 0.29) is 0 Å². The van der Waals surface area contributed by atoms with E-state index in [9.17, 15) is 0 Å². The van der Waals surface area contributed by atoms with Crippen molar-refractivity contribution in [2.75, 3.05) is 27.2 Å². The van der Waals surface area contributed by atoms with Crippen LogP contribution in [0.25, 0.3) is 27.6 Å². The number of aromatic amines is 1. The molecule has 4 nitrogen and oxygen atoms in total.